The molecule has 6 nitrogen and oxygen atoms in total. The summed E-state index contributed by atoms with van der Waals surface area (Å²) in [6.45, 7) is 0. The van der Waals surface area contributed by atoms with Crippen molar-refractivity contribution in [3.63, 3.8) is 0 Å². The first-order valence-corrected chi connectivity index (χ1v) is 28.8. The minimum Gasteiger partial charge on any atom is -0.455 e. The van der Waals surface area contributed by atoms with Crippen LogP contribution < -0.4 is 21.0 Å². The molecular weight excluding hydrogens is 975 g/mol. The average molecular weight is 1020 g/mol. The molecule has 7 heterocycles. The smallest absolute Gasteiger partial charge is 0.230 e. The number of furan rings is 1. The lowest BCUT2D eigenvalue weighted by Crippen LogP contribution is -2.76. The molecule has 9 aromatic carbocycles. The Bertz CT molecular complexity index is 4670. The van der Waals surface area contributed by atoms with Gasteiger partial charge in [0.05, 0.1) is 37.4 Å². The van der Waals surface area contributed by atoms with Crippen molar-refractivity contribution in [3.05, 3.63) is 261 Å². The molecule has 0 aliphatic rings. The average Bonchev–Trinajstić information content (AvgIpc) is 4.48. The highest BCUT2D eigenvalue weighted by Crippen LogP contribution is 2.41. The minimum absolute atomic E-state index is 0.793. The van der Waals surface area contributed by atoms with E-state index in [1.165, 1.54) is 53.0 Å². The molecule has 0 unspecified atom stereocenters. The zero-order valence-electron chi connectivity index (χ0n) is 41.4. The van der Waals surface area contributed by atoms with Gasteiger partial charge in [-0.1, -0.05) is 140 Å². The van der Waals surface area contributed by atoms with Crippen molar-refractivity contribution in [3.8, 4) is 33.6 Å². The number of nitrogens with zero attached hydrogens (tertiary/aromatic N) is 5. The number of benzene rings is 9. The van der Waals surface area contributed by atoms with Gasteiger partial charge in [-0.25, -0.2) is 0 Å². The van der Waals surface area contributed by atoms with Crippen molar-refractivity contribution in [1.29, 1.82) is 0 Å². The van der Waals surface area contributed by atoms with Gasteiger partial charge in [-0.05, 0) is 130 Å². The summed E-state index contributed by atoms with van der Waals surface area (Å²) in [5, 5.41) is 13.6. The molecule has 8 heteroatoms. The van der Waals surface area contributed by atoms with E-state index in [1.807, 2.05) is 36.1 Å². The fourth-order valence-electron chi connectivity index (χ4n) is 12.4. The van der Waals surface area contributed by atoms with Gasteiger partial charge in [0, 0.05) is 84.0 Å². The van der Waals surface area contributed by atoms with Crippen LogP contribution in [-0.2, 0) is 0 Å². The monoisotopic (exact) mass is 1020 g/mol. The van der Waals surface area contributed by atoms with E-state index < -0.39 is 8.07 Å². The Morgan fingerprint density at radius 1 is 0.364 bits per heavy atom. The van der Waals surface area contributed by atoms with Crippen LogP contribution in [0.2, 0.25) is 0 Å². The van der Waals surface area contributed by atoms with E-state index in [4.69, 9.17) is 14.4 Å². The minimum atomic E-state index is -3.39. The molecule has 0 atom stereocenters. The van der Waals surface area contributed by atoms with Crippen molar-refractivity contribution < 1.29 is 4.42 Å². The Kier molecular flexibility index (Phi) is 9.73. The van der Waals surface area contributed by atoms with Crippen molar-refractivity contribution in [2.45, 2.75) is 0 Å². The number of thiophene rings is 1. The summed E-state index contributed by atoms with van der Waals surface area (Å²) in [5.41, 5.74) is 13.1. The third-order valence-corrected chi connectivity index (χ3v) is 21.8. The van der Waals surface area contributed by atoms with E-state index in [9.17, 15) is 0 Å². The Balaban J connectivity index is 0.878. The Morgan fingerprint density at radius 2 is 0.870 bits per heavy atom. The van der Waals surface area contributed by atoms with Crippen molar-refractivity contribution >= 4 is 126 Å². The quantitative estimate of drug-likeness (QED) is 0.142. The Morgan fingerprint density at radius 3 is 1.53 bits per heavy atom. The Labute approximate surface area is 447 Å². The normalized spacial score (nSPS) is 12.2. The molecule has 0 spiro atoms. The number of rotatable bonds is 8. The molecule has 0 saturated carbocycles. The van der Waals surface area contributed by atoms with E-state index >= 15 is 0 Å². The van der Waals surface area contributed by atoms with Crippen molar-refractivity contribution in [2.75, 3.05) is 0 Å². The summed E-state index contributed by atoms with van der Waals surface area (Å²) in [7, 11) is -3.39. The third kappa shape index (κ3) is 6.56. The number of pyridine rings is 3. The predicted molar refractivity (Wildman–Crippen MR) is 323 cm³/mol. The highest BCUT2D eigenvalue weighted by atomic mass is 32.1. The molecule has 77 heavy (non-hydrogen) atoms. The summed E-state index contributed by atoms with van der Waals surface area (Å²) in [5.74, 6) is 0. The van der Waals surface area contributed by atoms with Crippen LogP contribution in [0.1, 0.15) is 0 Å². The highest BCUT2D eigenvalue weighted by Gasteiger charge is 2.48. The fraction of sp³-hybridized carbons (Fsp3) is 0. The SMILES string of the molecule is c1ccc(-n2c3ccccc3c3cc(-c4ccc5oc6c([Si](c7ccccc7)(c7ccccc7)c7nccc8c7sc7ccc(-c9ccc%10c(c9)c9cnccc9n%10-c9ccccc9)cc78)nccc6c5c4)ccc32)cc1. The van der Waals surface area contributed by atoms with Crippen LogP contribution in [0.4, 0.5) is 0 Å². The van der Waals surface area contributed by atoms with Crippen LogP contribution >= 0.6 is 11.3 Å². The second kappa shape index (κ2) is 17.2. The molecular formula is C69H43N5OSSi. The van der Waals surface area contributed by atoms with Gasteiger partial charge in [0.2, 0.25) is 8.07 Å². The molecule has 0 aliphatic carbocycles. The maximum atomic E-state index is 7.18. The molecule has 0 bridgehead atoms. The van der Waals surface area contributed by atoms with Crippen LogP contribution in [0.25, 0.3) is 119 Å². The van der Waals surface area contributed by atoms with Gasteiger partial charge in [-0.2, -0.15) is 0 Å². The van der Waals surface area contributed by atoms with E-state index in [1.54, 1.807) is 0 Å². The number of aromatic nitrogens is 5. The summed E-state index contributed by atoms with van der Waals surface area (Å²) < 4.78 is 14.2. The first kappa shape index (κ1) is 43.6. The summed E-state index contributed by atoms with van der Waals surface area (Å²) in [6, 6.07) is 85.5. The lowest BCUT2D eigenvalue weighted by atomic mass is 10.0. The largest absolute Gasteiger partial charge is 0.455 e. The zero-order valence-corrected chi connectivity index (χ0v) is 43.2. The molecule has 0 radical (unpaired) electrons. The molecule has 0 amide bonds. The summed E-state index contributed by atoms with van der Waals surface area (Å²) in [6.07, 6.45) is 7.87. The first-order chi connectivity index (χ1) is 38.2. The van der Waals surface area contributed by atoms with Crippen LogP contribution in [0.15, 0.2) is 266 Å². The zero-order chi connectivity index (χ0) is 50.6. The van der Waals surface area contributed by atoms with Crippen molar-refractivity contribution in [2.24, 2.45) is 0 Å². The lowest BCUT2D eigenvalue weighted by Gasteiger charge is -2.32. The molecule has 16 rings (SSSR count). The molecule has 7 aromatic heterocycles. The molecule has 0 saturated heterocycles. The van der Waals surface area contributed by atoms with E-state index in [-0.39, 0.29) is 0 Å². The van der Waals surface area contributed by atoms with E-state index in [0.717, 1.165) is 87.3 Å². The van der Waals surface area contributed by atoms with Gasteiger partial charge in [0.1, 0.15) is 5.58 Å². The maximum Gasteiger partial charge on any atom is 0.230 e. The predicted octanol–water partition coefficient (Wildman–Crippen LogP) is 15.0. The summed E-state index contributed by atoms with van der Waals surface area (Å²) in [4.78, 5) is 15.6. The molecule has 0 N–H and O–H groups in total. The highest BCUT2D eigenvalue weighted by molar-refractivity contribution is 7.30. The standard InChI is InChI=1S/C69H43N5OSSi/c1-5-15-48(16-6-1)73-60-24-14-13-23-52(60)55-39-44(25-29-61(55)73)46-27-31-64-57(41-46)53-33-37-71-68(66(53)75-64)77(50-19-9-3-10-20-50,51-21-11-4-12-22-51)69-67-54(34-38-72-69)58-42-47(28-32-65(58)76-67)45-26-30-62-56(40-45)59-43-70-36-35-63(59)74(62)49-17-7-2-8-18-49/h1-43H. The van der Waals surface area contributed by atoms with E-state index in [2.05, 4.69) is 251 Å². The van der Waals surface area contributed by atoms with Crippen LogP contribution in [0, 0.1) is 0 Å². The first-order valence-electron chi connectivity index (χ1n) is 26.0. The van der Waals surface area contributed by atoms with Crippen LogP contribution in [0.5, 0.6) is 0 Å². The number of hydrogen-bond acceptors (Lipinski definition) is 5. The van der Waals surface area contributed by atoms with Gasteiger partial charge < -0.3 is 13.6 Å². The fourth-order valence-corrected chi connectivity index (χ4v) is 18.7. The second-order valence-electron chi connectivity index (χ2n) is 19.9. The van der Waals surface area contributed by atoms with Gasteiger partial charge in [0.15, 0.2) is 5.58 Å². The molecule has 0 aliphatic heterocycles. The molecule has 0 fully saturated rings. The lowest BCUT2D eigenvalue weighted by molar-refractivity contribution is 0.670. The van der Waals surface area contributed by atoms with Crippen LogP contribution in [-0.4, -0.2) is 32.2 Å². The Hall–Kier alpha value is -9.73. The molecule has 360 valence electrons. The van der Waals surface area contributed by atoms with Crippen molar-refractivity contribution in [1.82, 2.24) is 24.1 Å². The van der Waals surface area contributed by atoms with Gasteiger partial charge in [-0.15, -0.1) is 11.3 Å². The topological polar surface area (TPSA) is 61.7 Å². The number of hydrogen-bond donors (Lipinski definition) is 0. The van der Waals surface area contributed by atoms with Gasteiger partial charge in [-0.3, -0.25) is 15.0 Å². The third-order valence-electron chi connectivity index (χ3n) is 15.8. The maximum absolute atomic E-state index is 7.18. The number of fused-ring (bicyclic) bond motifs is 12. The van der Waals surface area contributed by atoms with Crippen LogP contribution in [0.3, 0.4) is 0 Å². The van der Waals surface area contributed by atoms with E-state index in [0.29, 0.717) is 0 Å². The van der Waals surface area contributed by atoms with Gasteiger partial charge in [0.25, 0.3) is 0 Å². The van der Waals surface area contributed by atoms with Gasteiger partial charge >= 0.3 is 0 Å². The number of para-hydroxylation sites is 3. The molecule has 16 aromatic rings. The summed E-state index contributed by atoms with van der Waals surface area (Å²) >= 11 is 1.82. The second-order valence-corrected chi connectivity index (χ2v) is 24.6.